The first-order valence-corrected chi connectivity index (χ1v) is 7.91. The van der Waals surface area contributed by atoms with Crippen molar-refractivity contribution < 1.29 is 24.6 Å². The Kier molecular flexibility index (Phi) is 13.3. The molecule has 2 radical (unpaired) electrons. The molecule has 9 nitrogen and oxygen atoms in total. The van der Waals surface area contributed by atoms with Crippen LogP contribution in [0.4, 0.5) is 0 Å². The fourth-order valence-corrected chi connectivity index (χ4v) is 2.46. The molecule has 4 N–H and O–H groups in total. The van der Waals surface area contributed by atoms with E-state index in [1.54, 1.807) is 0 Å². The van der Waals surface area contributed by atoms with Crippen LogP contribution in [-0.4, -0.2) is 121 Å². The number of hydrogen-bond donors (Lipinski definition) is 4. The second kappa shape index (κ2) is 13.9. The molecule has 1 amide bonds. The van der Waals surface area contributed by atoms with E-state index in [4.69, 9.17) is 5.11 Å². The maximum Gasteiger partial charge on any atom is 0.326 e. The van der Waals surface area contributed by atoms with Crippen LogP contribution in [0.2, 0.25) is 0 Å². The van der Waals surface area contributed by atoms with Gasteiger partial charge in [-0.2, -0.15) is 0 Å². The fourth-order valence-electron chi connectivity index (χ4n) is 2.46. The Labute approximate surface area is 206 Å². The molecule has 1 aromatic heterocycles. The fraction of sp³-hybridized carbons (Fsp3) is 0.294. The topological polar surface area (TPSA) is 136 Å². The minimum Gasteiger partial charge on any atom is -0.480 e. The van der Waals surface area contributed by atoms with E-state index in [-0.39, 0.29) is 85.2 Å². The summed E-state index contributed by atoms with van der Waals surface area (Å²) in [7, 11) is 0. The number of amides is 1. The van der Waals surface area contributed by atoms with E-state index in [0.29, 0.717) is 5.69 Å². The number of benzene rings is 1. The molecular formula is C17H20N4Na2O5. The van der Waals surface area contributed by atoms with E-state index in [0.717, 1.165) is 5.56 Å². The summed E-state index contributed by atoms with van der Waals surface area (Å²) < 4.78 is 0. The molecule has 11 heteroatoms. The average Bonchev–Trinajstić information content (AvgIpc) is 3.07. The normalized spacial score (nSPS) is 11.0. The van der Waals surface area contributed by atoms with Crippen LogP contribution in [0.15, 0.2) is 42.9 Å². The molecule has 140 valence electrons. The summed E-state index contributed by atoms with van der Waals surface area (Å²) in [5.74, 6) is -2.81. The van der Waals surface area contributed by atoms with Gasteiger partial charge in [0.05, 0.1) is 19.4 Å². The number of carboxylic acids is 2. The van der Waals surface area contributed by atoms with E-state index in [2.05, 4.69) is 15.3 Å². The van der Waals surface area contributed by atoms with Crippen LogP contribution < -0.4 is 5.32 Å². The smallest absolute Gasteiger partial charge is 0.326 e. The molecule has 0 bridgehead atoms. The number of carbonyl (C=O) groups is 3. The van der Waals surface area contributed by atoms with Crippen molar-refractivity contribution in [2.45, 2.75) is 19.0 Å². The molecule has 0 saturated carbocycles. The van der Waals surface area contributed by atoms with Crippen molar-refractivity contribution >= 4 is 77.0 Å². The van der Waals surface area contributed by atoms with Gasteiger partial charge in [-0.1, -0.05) is 30.3 Å². The van der Waals surface area contributed by atoms with Gasteiger partial charge in [0.25, 0.3) is 0 Å². The summed E-state index contributed by atoms with van der Waals surface area (Å²) in [5, 5.41) is 20.7. The summed E-state index contributed by atoms with van der Waals surface area (Å²) >= 11 is 0. The van der Waals surface area contributed by atoms with Crippen LogP contribution in [0, 0.1) is 0 Å². The second-order valence-corrected chi connectivity index (χ2v) is 5.76. The predicted molar refractivity (Wildman–Crippen MR) is 103 cm³/mol. The zero-order chi connectivity index (χ0) is 18.9. The molecule has 0 unspecified atom stereocenters. The monoisotopic (exact) mass is 406 g/mol. The molecule has 0 saturated heterocycles. The zero-order valence-corrected chi connectivity index (χ0v) is 20.0. The first-order chi connectivity index (χ1) is 12.4. The van der Waals surface area contributed by atoms with Crippen molar-refractivity contribution in [1.29, 1.82) is 0 Å². The van der Waals surface area contributed by atoms with Crippen molar-refractivity contribution in [3.05, 3.63) is 54.1 Å². The molecule has 28 heavy (non-hydrogen) atoms. The van der Waals surface area contributed by atoms with E-state index in [9.17, 15) is 19.5 Å². The standard InChI is InChI=1S/C17H20N4O5.2Na/c22-15(20-14(17(25)26)6-13-7-18-11-19-13)9-21(10-16(23)24)8-12-4-2-1-3-5-12;;/h1-5,7,11,14H,6,8-10H2,(H,18,19)(H,20,22)(H,23,24)(H,25,26);;/t14-;;/m0../s1. The van der Waals surface area contributed by atoms with Crippen LogP contribution in [0.1, 0.15) is 11.3 Å². The molecule has 2 rings (SSSR count). The van der Waals surface area contributed by atoms with Gasteiger partial charge in [0.15, 0.2) is 0 Å². The van der Waals surface area contributed by atoms with Crippen molar-refractivity contribution in [1.82, 2.24) is 20.2 Å². The number of imidazole rings is 1. The van der Waals surface area contributed by atoms with Crippen LogP contribution in [0.3, 0.4) is 0 Å². The maximum atomic E-state index is 12.2. The number of carboxylic acid groups (broad SMARTS) is 2. The van der Waals surface area contributed by atoms with Crippen molar-refractivity contribution in [2.24, 2.45) is 0 Å². The molecule has 0 aliphatic heterocycles. The summed E-state index contributed by atoms with van der Waals surface area (Å²) in [4.78, 5) is 42.7. The second-order valence-electron chi connectivity index (χ2n) is 5.76. The number of carbonyl (C=O) groups excluding carboxylic acids is 1. The summed E-state index contributed by atoms with van der Waals surface area (Å²) in [6, 6.07) is 7.99. The maximum absolute atomic E-state index is 12.2. The van der Waals surface area contributed by atoms with Gasteiger partial charge >= 0.3 is 11.9 Å². The van der Waals surface area contributed by atoms with Gasteiger partial charge in [0.1, 0.15) is 6.04 Å². The van der Waals surface area contributed by atoms with Gasteiger partial charge in [0.2, 0.25) is 5.91 Å². The van der Waals surface area contributed by atoms with Crippen molar-refractivity contribution in [3.63, 3.8) is 0 Å². The third kappa shape index (κ3) is 9.83. The Morgan fingerprint density at radius 3 is 2.32 bits per heavy atom. The Hall–Kier alpha value is -1.20. The number of aromatic nitrogens is 2. The van der Waals surface area contributed by atoms with Gasteiger partial charge in [0, 0.05) is 84.0 Å². The quantitative estimate of drug-likeness (QED) is 0.385. The minimum absolute atomic E-state index is 0. The van der Waals surface area contributed by atoms with E-state index < -0.39 is 23.9 Å². The number of aromatic amines is 1. The SMILES string of the molecule is O=C(O)CN(CC(=O)N[C@@H](Cc1cnc[nH]1)C(=O)O)Cc1ccccc1.[Na].[Na]. The van der Waals surface area contributed by atoms with Crippen LogP contribution in [-0.2, 0) is 27.3 Å². The van der Waals surface area contributed by atoms with E-state index in [1.807, 2.05) is 30.3 Å². The minimum atomic E-state index is -1.18. The van der Waals surface area contributed by atoms with E-state index in [1.165, 1.54) is 17.4 Å². The summed E-state index contributed by atoms with van der Waals surface area (Å²) in [5.41, 5.74) is 1.43. The molecule has 0 aliphatic rings. The van der Waals surface area contributed by atoms with Gasteiger partial charge in [-0.25, -0.2) is 9.78 Å². The largest absolute Gasteiger partial charge is 0.480 e. The van der Waals surface area contributed by atoms with Crippen LogP contribution >= 0.6 is 0 Å². The Morgan fingerprint density at radius 1 is 1.11 bits per heavy atom. The van der Waals surface area contributed by atoms with Gasteiger partial charge in [-0.3, -0.25) is 14.5 Å². The number of aliphatic carboxylic acids is 2. The summed E-state index contributed by atoms with van der Waals surface area (Å²) in [6.45, 7) is -0.298. The number of H-pyrrole nitrogens is 1. The van der Waals surface area contributed by atoms with Gasteiger partial charge in [-0.15, -0.1) is 0 Å². The molecule has 2 aromatic rings. The molecule has 0 aliphatic carbocycles. The third-order valence-corrected chi connectivity index (χ3v) is 3.59. The number of hydrogen-bond acceptors (Lipinski definition) is 5. The van der Waals surface area contributed by atoms with Crippen molar-refractivity contribution in [2.75, 3.05) is 13.1 Å². The van der Waals surface area contributed by atoms with Gasteiger partial charge < -0.3 is 20.5 Å². The number of nitrogens with zero attached hydrogens (tertiary/aromatic N) is 2. The van der Waals surface area contributed by atoms with Crippen molar-refractivity contribution in [3.8, 4) is 0 Å². The number of rotatable bonds is 10. The van der Waals surface area contributed by atoms with Crippen LogP contribution in [0.5, 0.6) is 0 Å². The molecule has 0 fully saturated rings. The number of nitrogens with one attached hydrogen (secondary N) is 2. The zero-order valence-electron chi connectivity index (χ0n) is 16.0. The average molecular weight is 406 g/mol. The Bertz CT molecular complexity index is 743. The molecule has 0 spiro atoms. The van der Waals surface area contributed by atoms with Gasteiger partial charge in [-0.05, 0) is 5.56 Å². The first kappa shape index (κ1) is 26.8. The molecular weight excluding hydrogens is 386 g/mol. The van der Waals surface area contributed by atoms with Crippen LogP contribution in [0.25, 0.3) is 0 Å². The Balaban J connectivity index is 0.00000364. The predicted octanol–water partition coefficient (Wildman–Crippen LogP) is -0.653. The van der Waals surface area contributed by atoms with E-state index >= 15 is 0 Å². The summed E-state index contributed by atoms with van der Waals surface area (Å²) in [6.07, 6.45) is 2.96. The first-order valence-electron chi connectivity index (χ1n) is 7.91. The third-order valence-electron chi connectivity index (χ3n) is 3.59. The Morgan fingerprint density at radius 2 is 1.79 bits per heavy atom. The molecule has 1 aromatic carbocycles. The molecule has 1 heterocycles. The molecule has 1 atom stereocenters.